The lowest BCUT2D eigenvalue weighted by atomic mass is 9.95. The molecular weight excluding hydrogens is 435 g/mol. The topological polar surface area (TPSA) is 49.9 Å². The van der Waals surface area contributed by atoms with Crippen molar-refractivity contribution >= 4 is 25.3 Å². The molecule has 0 N–H and O–H groups in total. The number of aryl methyl sites for hydroxylation is 1. The Morgan fingerprint density at radius 1 is 0.971 bits per heavy atom. The maximum atomic E-state index is 13.7. The van der Waals surface area contributed by atoms with Gasteiger partial charge in [0.2, 0.25) is 0 Å². The Morgan fingerprint density at radius 3 is 2.14 bits per heavy atom. The van der Waals surface area contributed by atoms with Crippen molar-refractivity contribution in [3.63, 3.8) is 0 Å². The number of piperidine rings is 1. The Bertz CT molecular complexity index is 959. The number of carbonyl (C=O) groups excluding carboxylic acids is 2. The zero-order valence-electron chi connectivity index (χ0n) is 21.8. The fourth-order valence-electron chi connectivity index (χ4n) is 4.43. The van der Waals surface area contributed by atoms with Crippen LogP contribution in [0.5, 0.6) is 0 Å². The quantitative estimate of drug-likeness (QED) is 0.388. The van der Waals surface area contributed by atoms with E-state index in [4.69, 9.17) is 12.6 Å². The van der Waals surface area contributed by atoms with E-state index < -0.39 is 5.60 Å². The molecule has 2 aromatic carbocycles. The van der Waals surface area contributed by atoms with Crippen LogP contribution in [-0.2, 0) is 17.7 Å². The van der Waals surface area contributed by atoms with Gasteiger partial charge in [-0.3, -0.25) is 4.79 Å². The molecular formula is C29H39BN2O3. The molecule has 0 aromatic heterocycles. The Balaban J connectivity index is 1.72. The molecule has 0 bridgehead atoms. The number of rotatable bonds is 8. The fraction of sp³-hybridized carbons (Fsp3) is 0.517. The van der Waals surface area contributed by atoms with Crippen LogP contribution in [0, 0.1) is 0 Å². The van der Waals surface area contributed by atoms with Crippen LogP contribution in [0.2, 0.25) is 0 Å². The Labute approximate surface area is 212 Å². The first-order valence-electron chi connectivity index (χ1n) is 12.9. The van der Waals surface area contributed by atoms with E-state index in [1.54, 1.807) is 4.90 Å². The van der Waals surface area contributed by atoms with E-state index in [0.717, 1.165) is 24.8 Å². The number of likely N-dealkylation sites (tertiary alicyclic amines) is 1. The molecule has 3 rings (SSSR count). The average molecular weight is 474 g/mol. The number of hydrogen-bond acceptors (Lipinski definition) is 3. The maximum absolute atomic E-state index is 13.7. The van der Waals surface area contributed by atoms with Gasteiger partial charge in [0.1, 0.15) is 13.4 Å². The Morgan fingerprint density at radius 2 is 1.57 bits per heavy atom. The van der Waals surface area contributed by atoms with E-state index in [0.29, 0.717) is 30.7 Å². The number of unbranched alkanes of at least 4 members (excludes halogenated alkanes) is 2. The third-order valence-electron chi connectivity index (χ3n) is 6.42. The summed E-state index contributed by atoms with van der Waals surface area (Å²) in [6.07, 6.45) is 5.78. The molecule has 5 nitrogen and oxygen atoms in total. The van der Waals surface area contributed by atoms with Gasteiger partial charge in [-0.05, 0) is 69.7 Å². The van der Waals surface area contributed by atoms with E-state index in [1.165, 1.54) is 24.8 Å². The molecule has 1 aliphatic heterocycles. The van der Waals surface area contributed by atoms with Crippen molar-refractivity contribution in [2.75, 3.05) is 13.1 Å². The number of hydrogen-bond donors (Lipinski definition) is 0. The number of nitrogens with zero attached hydrogens (tertiary/aromatic N) is 2. The van der Waals surface area contributed by atoms with E-state index in [1.807, 2.05) is 62.1 Å². The van der Waals surface area contributed by atoms with Crippen LogP contribution in [0.4, 0.5) is 4.79 Å². The third kappa shape index (κ3) is 8.15. The first kappa shape index (κ1) is 26.8. The van der Waals surface area contributed by atoms with Crippen molar-refractivity contribution in [1.29, 1.82) is 0 Å². The lowest BCUT2D eigenvalue weighted by Gasteiger charge is -2.39. The van der Waals surface area contributed by atoms with Crippen molar-refractivity contribution in [2.24, 2.45) is 0 Å². The molecule has 1 heterocycles. The number of amides is 2. The third-order valence-corrected chi connectivity index (χ3v) is 6.42. The van der Waals surface area contributed by atoms with Crippen molar-refractivity contribution in [1.82, 2.24) is 9.80 Å². The summed E-state index contributed by atoms with van der Waals surface area (Å²) in [5, 5.41) is 0. The molecule has 35 heavy (non-hydrogen) atoms. The second-order valence-corrected chi connectivity index (χ2v) is 10.5. The van der Waals surface area contributed by atoms with Crippen LogP contribution in [0.25, 0.3) is 0 Å². The Hall–Kier alpha value is -2.76. The molecule has 2 amide bonds. The second kappa shape index (κ2) is 12.3. The fourth-order valence-corrected chi connectivity index (χ4v) is 4.43. The van der Waals surface area contributed by atoms with Crippen LogP contribution in [0.3, 0.4) is 0 Å². The van der Waals surface area contributed by atoms with Crippen molar-refractivity contribution < 1.29 is 14.3 Å². The van der Waals surface area contributed by atoms with Crippen molar-refractivity contribution in [3.8, 4) is 0 Å². The van der Waals surface area contributed by atoms with Crippen molar-refractivity contribution in [3.05, 3.63) is 65.2 Å². The predicted molar refractivity (Wildman–Crippen MR) is 142 cm³/mol. The molecule has 0 saturated carbocycles. The molecule has 0 aliphatic carbocycles. The molecule has 1 fully saturated rings. The van der Waals surface area contributed by atoms with Crippen LogP contribution in [0.1, 0.15) is 81.3 Å². The highest BCUT2D eigenvalue weighted by molar-refractivity contribution is 6.32. The van der Waals surface area contributed by atoms with E-state index in [2.05, 4.69) is 19.1 Å². The highest BCUT2D eigenvalue weighted by Gasteiger charge is 2.32. The largest absolute Gasteiger partial charge is 0.444 e. The first-order valence-corrected chi connectivity index (χ1v) is 12.9. The lowest BCUT2D eigenvalue weighted by Crippen LogP contribution is -2.49. The van der Waals surface area contributed by atoms with E-state index in [-0.39, 0.29) is 18.0 Å². The summed E-state index contributed by atoms with van der Waals surface area (Å²) in [6, 6.07) is 15.8. The van der Waals surface area contributed by atoms with Gasteiger partial charge in [0.05, 0.1) is 0 Å². The SMILES string of the molecule is [B]c1ccc(CN(C(=O)c2ccc(CCCCC)cc2)C2CCN(C(=O)OC(C)(C)C)CC2)cc1. The van der Waals surface area contributed by atoms with Gasteiger partial charge in [-0.25, -0.2) is 4.79 Å². The van der Waals surface area contributed by atoms with Crippen LogP contribution in [0.15, 0.2) is 48.5 Å². The van der Waals surface area contributed by atoms with Gasteiger partial charge >= 0.3 is 6.09 Å². The summed E-state index contributed by atoms with van der Waals surface area (Å²) in [5.74, 6) is 0.0256. The van der Waals surface area contributed by atoms with E-state index >= 15 is 0 Å². The minimum absolute atomic E-state index is 0.0256. The van der Waals surface area contributed by atoms with Gasteiger partial charge in [0, 0.05) is 31.2 Å². The molecule has 0 atom stereocenters. The highest BCUT2D eigenvalue weighted by Crippen LogP contribution is 2.23. The van der Waals surface area contributed by atoms with Crippen LogP contribution in [-0.4, -0.2) is 54.4 Å². The second-order valence-electron chi connectivity index (χ2n) is 10.5. The van der Waals surface area contributed by atoms with Gasteiger partial charge in [-0.15, -0.1) is 0 Å². The number of carbonyl (C=O) groups is 2. The summed E-state index contributed by atoms with van der Waals surface area (Å²) < 4.78 is 5.54. The smallest absolute Gasteiger partial charge is 0.410 e. The van der Waals surface area contributed by atoms with Crippen LogP contribution < -0.4 is 5.46 Å². The normalized spacial score (nSPS) is 14.6. The molecule has 2 radical (unpaired) electrons. The summed E-state index contributed by atoms with van der Waals surface area (Å²) in [6.45, 7) is 9.48. The molecule has 2 aromatic rings. The zero-order valence-corrected chi connectivity index (χ0v) is 21.8. The monoisotopic (exact) mass is 474 g/mol. The Kier molecular flexibility index (Phi) is 9.42. The number of ether oxygens (including phenoxy) is 1. The standard InChI is InChI=1S/C29H39BN2O3/c1-5-6-7-8-22-9-13-24(14-10-22)27(33)32(21-23-11-15-25(30)16-12-23)26-17-19-31(20-18-26)28(34)35-29(2,3)4/h9-16,26H,5-8,17-21H2,1-4H3. The van der Waals surface area contributed by atoms with Crippen LogP contribution >= 0.6 is 0 Å². The molecule has 1 aliphatic rings. The molecule has 6 heteroatoms. The predicted octanol–water partition coefficient (Wildman–Crippen LogP) is 5.26. The molecule has 1 saturated heterocycles. The zero-order chi connectivity index (χ0) is 25.4. The minimum atomic E-state index is -0.520. The summed E-state index contributed by atoms with van der Waals surface area (Å²) in [5.41, 5.74) is 3.20. The van der Waals surface area contributed by atoms with Gasteiger partial charge in [-0.1, -0.05) is 61.6 Å². The van der Waals surface area contributed by atoms with Crippen molar-refractivity contribution in [2.45, 2.75) is 84.4 Å². The van der Waals surface area contributed by atoms with Gasteiger partial charge in [-0.2, -0.15) is 0 Å². The minimum Gasteiger partial charge on any atom is -0.444 e. The lowest BCUT2D eigenvalue weighted by molar-refractivity contribution is 0.0142. The maximum Gasteiger partial charge on any atom is 0.410 e. The molecule has 0 spiro atoms. The summed E-state index contributed by atoms with van der Waals surface area (Å²) >= 11 is 0. The van der Waals surface area contributed by atoms with Gasteiger partial charge in [0.25, 0.3) is 5.91 Å². The molecule has 0 unspecified atom stereocenters. The van der Waals surface area contributed by atoms with Gasteiger partial charge in [0.15, 0.2) is 0 Å². The summed E-state index contributed by atoms with van der Waals surface area (Å²) in [7, 11) is 5.87. The van der Waals surface area contributed by atoms with E-state index in [9.17, 15) is 9.59 Å². The first-order chi connectivity index (χ1) is 16.7. The highest BCUT2D eigenvalue weighted by atomic mass is 16.6. The number of benzene rings is 2. The van der Waals surface area contributed by atoms with Gasteiger partial charge < -0.3 is 14.5 Å². The molecule has 186 valence electrons. The average Bonchev–Trinajstić information content (AvgIpc) is 2.83. The summed E-state index contributed by atoms with van der Waals surface area (Å²) in [4.78, 5) is 29.9.